The molecule has 1 N–H and O–H groups in total. The van der Waals surface area contributed by atoms with Crippen molar-refractivity contribution in [2.75, 3.05) is 17.7 Å². The maximum atomic E-state index is 12.3. The monoisotopic (exact) mass is 320 g/mol. The van der Waals surface area contributed by atoms with Gasteiger partial charge in [-0.15, -0.1) is 11.8 Å². The Morgan fingerprint density at radius 1 is 1.36 bits per heavy atom. The first kappa shape index (κ1) is 16.9. The lowest BCUT2D eigenvalue weighted by molar-refractivity contribution is -0.127. The maximum absolute atomic E-state index is 12.3. The summed E-state index contributed by atoms with van der Waals surface area (Å²) in [5, 5.41) is 3.04. The molecule has 0 aromatic heterocycles. The van der Waals surface area contributed by atoms with Crippen molar-refractivity contribution in [3.8, 4) is 0 Å². The molecule has 2 amide bonds. The fraction of sp³-hybridized carbons (Fsp3) is 0.529. The van der Waals surface area contributed by atoms with E-state index in [-0.39, 0.29) is 29.7 Å². The van der Waals surface area contributed by atoms with Crippen molar-refractivity contribution in [2.24, 2.45) is 5.92 Å². The highest BCUT2D eigenvalue weighted by Crippen LogP contribution is 2.27. The van der Waals surface area contributed by atoms with Crippen LogP contribution >= 0.6 is 11.8 Å². The molecule has 4 nitrogen and oxygen atoms in total. The molecule has 0 spiro atoms. The maximum Gasteiger partial charge on any atom is 0.227 e. The normalized spacial score (nSPS) is 18.6. The smallest absolute Gasteiger partial charge is 0.227 e. The van der Waals surface area contributed by atoms with Gasteiger partial charge in [-0.1, -0.05) is 6.92 Å². The SMILES string of the molecule is CCC(C)(C)NC(=O)[C@H]1CC(=O)N(c2ccc(SC)cc2)C1. The average molecular weight is 320 g/mol. The van der Waals surface area contributed by atoms with Crippen LogP contribution in [0.5, 0.6) is 0 Å². The molecule has 1 aliphatic heterocycles. The summed E-state index contributed by atoms with van der Waals surface area (Å²) in [5.41, 5.74) is 0.640. The number of anilines is 1. The molecule has 1 heterocycles. The van der Waals surface area contributed by atoms with Gasteiger partial charge < -0.3 is 10.2 Å². The molecule has 1 aromatic carbocycles. The zero-order valence-corrected chi connectivity index (χ0v) is 14.5. The first-order chi connectivity index (χ1) is 10.4. The summed E-state index contributed by atoms with van der Waals surface area (Å²) >= 11 is 1.67. The van der Waals surface area contributed by atoms with Crippen molar-refractivity contribution < 1.29 is 9.59 Å². The second-order valence-corrected chi connectivity index (χ2v) is 7.21. The number of nitrogens with one attached hydrogen (secondary N) is 1. The Hall–Kier alpha value is -1.49. The third-order valence-corrected chi connectivity index (χ3v) is 4.97. The van der Waals surface area contributed by atoms with Crippen LogP contribution in [0.1, 0.15) is 33.6 Å². The third kappa shape index (κ3) is 3.83. The highest BCUT2D eigenvalue weighted by Gasteiger charge is 2.36. The Morgan fingerprint density at radius 2 is 2.00 bits per heavy atom. The molecular weight excluding hydrogens is 296 g/mol. The van der Waals surface area contributed by atoms with Gasteiger partial charge in [-0.3, -0.25) is 9.59 Å². The van der Waals surface area contributed by atoms with Crippen LogP contribution in [0, 0.1) is 5.92 Å². The number of nitrogens with zero attached hydrogens (tertiary/aromatic N) is 1. The van der Waals surface area contributed by atoms with Gasteiger partial charge in [0.25, 0.3) is 0 Å². The zero-order valence-electron chi connectivity index (χ0n) is 13.7. The molecule has 1 fully saturated rings. The minimum Gasteiger partial charge on any atom is -0.351 e. The highest BCUT2D eigenvalue weighted by atomic mass is 32.2. The first-order valence-corrected chi connectivity index (χ1v) is 8.85. The van der Waals surface area contributed by atoms with Crippen LogP contribution in [0.25, 0.3) is 0 Å². The topological polar surface area (TPSA) is 49.4 Å². The van der Waals surface area contributed by atoms with E-state index in [0.717, 1.165) is 17.0 Å². The van der Waals surface area contributed by atoms with E-state index in [1.54, 1.807) is 16.7 Å². The van der Waals surface area contributed by atoms with Crippen LogP contribution in [-0.4, -0.2) is 30.2 Å². The van der Waals surface area contributed by atoms with Gasteiger partial charge in [0.1, 0.15) is 0 Å². The van der Waals surface area contributed by atoms with Gasteiger partial charge in [0.05, 0.1) is 5.92 Å². The molecule has 0 bridgehead atoms. The molecular formula is C17H24N2O2S. The van der Waals surface area contributed by atoms with Crippen LogP contribution in [-0.2, 0) is 9.59 Å². The van der Waals surface area contributed by atoms with Gasteiger partial charge in [0, 0.05) is 29.1 Å². The van der Waals surface area contributed by atoms with E-state index >= 15 is 0 Å². The number of hydrogen-bond donors (Lipinski definition) is 1. The van der Waals surface area contributed by atoms with Crippen LogP contribution in [0.4, 0.5) is 5.69 Å². The van der Waals surface area contributed by atoms with E-state index in [9.17, 15) is 9.59 Å². The molecule has 1 saturated heterocycles. The molecule has 2 rings (SSSR count). The lowest BCUT2D eigenvalue weighted by Gasteiger charge is -2.26. The van der Waals surface area contributed by atoms with Crippen molar-refractivity contribution >= 4 is 29.3 Å². The molecule has 0 aliphatic carbocycles. The quantitative estimate of drug-likeness (QED) is 0.848. The van der Waals surface area contributed by atoms with Gasteiger partial charge in [0.2, 0.25) is 11.8 Å². The lowest BCUT2D eigenvalue weighted by atomic mass is 9.99. The average Bonchev–Trinajstić information content (AvgIpc) is 2.89. The van der Waals surface area contributed by atoms with Crippen molar-refractivity contribution in [2.45, 2.75) is 44.0 Å². The number of thioether (sulfide) groups is 1. The fourth-order valence-corrected chi connectivity index (χ4v) is 2.83. The van der Waals surface area contributed by atoms with Gasteiger partial charge in [-0.25, -0.2) is 0 Å². The summed E-state index contributed by atoms with van der Waals surface area (Å²) in [6, 6.07) is 7.89. The fourth-order valence-electron chi connectivity index (χ4n) is 2.42. The Morgan fingerprint density at radius 3 is 2.55 bits per heavy atom. The summed E-state index contributed by atoms with van der Waals surface area (Å²) in [6.45, 7) is 6.50. The summed E-state index contributed by atoms with van der Waals surface area (Å²) in [5.74, 6) is -0.270. The summed E-state index contributed by atoms with van der Waals surface area (Å²) < 4.78 is 0. The van der Waals surface area contributed by atoms with Crippen molar-refractivity contribution in [1.82, 2.24) is 5.32 Å². The van der Waals surface area contributed by atoms with E-state index < -0.39 is 0 Å². The second kappa shape index (κ2) is 6.73. The van der Waals surface area contributed by atoms with E-state index in [1.807, 2.05) is 51.3 Å². The van der Waals surface area contributed by atoms with Gasteiger partial charge in [-0.05, 0) is 50.8 Å². The van der Waals surface area contributed by atoms with Gasteiger partial charge in [-0.2, -0.15) is 0 Å². The van der Waals surface area contributed by atoms with E-state index in [0.29, 0.717) is 6.54 Å². The molecule has 0 unspecified atom stereocenters. The number of amides is 2. The van der Waals surface area contributed by atoms with E-state index in [1.165, 1.54) is 0 Å². The molecule has 120 valence electrons. The second-order valence-electron chi connectivity index (χ2n) is 6.33. The molecule has 1 aliphatic rings. The Kier molecular flexibility index (Phi) is 5.16. The minimum absolute atomic E-state index is 0.0198. The van der Waals surface area contributed by atoms with Crippen molar-refractivity contribution in [1.29, 1.82) is 0 Å². The number of benzene rings is 1. The minimum atomic E-state index is -0.265. The summed E-state index contributed by atoms with van der Waals surface area (Å²) in [7, 11) is 0. The number of rotatable bonds is 5. The van der Waals surface area contributed by atoms with Gasteiger partial charge in [0.15, 0.2) is 0 Å². The molecule has 1 atom stereocenters. The van der Waals surface area contributed by atoms with Crippen molar-refractivity contribution in [3.63, 3.8) is 0 Å². The van der Waals surface area contributed by atoms with Crippen LogP contribution < -0.4 is 10.2 Å². The predicted octanol–water partition coefficient (Wildman–Crippen LogP) is 3.07. The summed E-state index contributed by atoms with van der Waals surface area (Å²) in [6.07, 6.45) is 3.17. The number of carbonyl (C=O) groups is 2. The lowest BCUT2D eigenvalue weighted by Crippen LogP contribution is -2.46. The van der Waals surface area contributed by atoms with E-state index in [4.69, 9.17) is 0 Å². The van der Waals surface area contributed by atoms with Crippen LogP contribution in [0.15, 0.2) is 29.2 Å². The molecule has 0 saturated carbocycles. The third-order valence-electron chi connectivity index (χ3n) is 4.23. The molecule has 22 heavy (non-hydrogen) atoms. The highest BCUT2D eigenvalue weighted by molar-refractivity contribution is 7.98. The predicted molar refractivity (Wildman–Crippen MR) is 91.2 cm³/mol. The first-order valence-electron chi connectivity index (χ1n) is 7.62. The van der Waals surface area contributed by atoms with Gasteiger partial charge >= 0.3 is 0 Å². The van der Waals surface area contributed by atoms with Crippen molar-refractivity contribution in [3.05, 3.63) is 24.3 Å². The Bertz CT molecular complexity index is 554. The molecule has 0 radical (unpaired) electrons. The molecule has 5 heteroatoms. The number of carbonyl (C=O) groups excluding carboxylic acids is 2. The molecule has 1 aromatic rings. The van der Waals surface area contributed by atoms with E-state index in [2.05, 4.69) is 5.32 Å². The van der Waals surface area contributed by atoms with Crippen LogP contribution in [0.3, 0.4) is 0 Å². The standard InChI is InChI=1S/C17H24N2O2S/c1-5-17(2,3)18-16(21)12-10-15(20)19(11-12)13-6-8-14(22-4)9-7-13/h6-9,12H,5,10-11H2,1-4H3,(H,18,21)/t12-/m0/s1. The Balaban J connectivity index is 2.05. The zero-order chi connectivity index (χ0) is 16.3. The summed E-state index contributed by atoms with van der Waals surface area (Å²) in [4.78, 5) is 27.4. The van der Waals surface area contributed by atoms with Crippen LogP contribution in [0.2, 0.25) is 0 Å². The Labute approximate surface area is 136 Å². The number of hydrogen-bond acceptors (Lipinski definition) is 3. The largest absolute Gasteiger partial charge is 0.351 e.